The minimum atomic E-state index is -0.0162. The van der Waals surface area contributed by atoms with Crippen LogP contribution in [0.25, 0.3) is 5.65 Å². The first kappa shape index (κ1) is 8.67. The van der Waals surface area contributed by atoms with Crippen LogP contribution in [0.5, 0.6) is 0 Å². The van der Waals surface area contributed by atoms with Crippen molar-refractivity contribution in [2.24, 2.45) is 0 Å². The molecule has 2 aromatic rings. The van der Waals surface area contributed by atoms with E-state index in [4.69, 9.17) is 4.74 Å². The van der Waals surface area contributed by atoms with Crippen LogP contribution in [0.15, 0.2) is 23.1 Å². The number of H-pyrrole nitrogens is 1. The molecule has 1 saturated heterocycles. The molecule has 3 rings (SSSR count). The molecule has 0 bridgehead atoms. The second-order valence-electron chi connectivity index (χ2n) is 3.70. The third kappa shape index (κ3) is 1.35. The lowest BCUT2D eigenvalue weighted by Gasteiger charge is -2.06. The molecule has 0 spiro atoms. The Kier molecular flexibility index (Phi) is 1.85. The molecule has 0 aromatic carbocycles. The van der Waals surface area contributed by atoms with Crippen molar-refractivity contribution in [3.8, 4) is 0 Å². The molecule has 5 nitrogen and oxygen atoms in total. The van der Waals surface area contributed by atoms with Crippen molar-refractivity contribution >= 4 is 5.65 Å². The van der Waals surface area contributed by atoms with E-state index >= 15 is 0 Å². The Balaban J connectivity index is 2.15. The van der Waals surface area contributed by atoms with Gasteiger partial charge in [-0.1, -0.05) is 0 Å². The fourth-order valence-electron chi connectivity index (χ4n) is 1.94. The van der Waals surface area contributed by atoms with Crippen molar-refractivity contribution in [2.75, 3.05) is 6.61 Å². The van der Waals surface area contributed by atoms with E-state index in [0.717, 1.165) is 25.3 Å². The van der Waals surface area contributed by atoms with Gasteiger partial charge in [-0.3, -0.25) is 14.3 Å². The van der Waals surface area contributed by atoms with Crippen molar-refractivity contribution in [1.82, 2.24) is 14.6 Å². The first-order valence-electron chi connectivity index (χ1n) is 5.03. The number of hydrogen-bond acceptors (Lipinski definition) is 3. The topological polar surface area (TPSA) is 59.4 Å². The van der Waals surface area contributed by atoms with Gasteiger partial charge in [0.1, 0.15) is 11.8 Å². The van der Waals surface area contributed by atoms with E-state index in [0.29, 0.717) is 5.65 Å². The average Bonchev–Trinajstić information content (AvgIpc) is 2.82. The molecule has 0 amide bonds. The number of hydrogen-bond donors (Lipinski definition) is 1. The van der Waals surface area contributed by atoms with E-state index < -0.39 is 0 Å². The number of aromatic nitrogens is 3. The molecule has 1 N–H and O–H groups in total. The molecule has 2 aromatic heterocycles. The molecule has 78 valence electrons. The minimum absolute atomic E-state index is 0.0162. The summed E-state index contributed by atoms with van der Waals surface area (Å²) < 4.78 is 7.43. The quantitative estimate of drug-likeness (QED) is 0.751. The summed E-state index contributed by atoms with van der Waals surface area (Å²) in [5.41, 5.74) is 0.700. The highest BCUT2D eigenvalue weighted by molar-refractivity contribution is 5.37. The molecular weight excluding hydrogens is 194 g/mol. The Bertz CT molecular complexity index is 537. The predicted octanol–water partition coefficient (Wildman–Crippen LogP) is 0.874. The molecular formula is C10H11N3O2. The van der Waals surface area contributed by atoms with Gasteiger partial charge < -0.3 is 4.74 Å². The largest absolute Gasteiger partial charge is 0.370 e. The number of nitrogens with one attached hydrogen (secondary N) is 1. The van der Waals surface area contributed by atoms with Gasteiger partial charge in [0.05, 0.1) is 0 Å². The summed E-state index contributed by atoms with van der Waals surface area (Å²) in [6.07, 6.45) is 3.85. The van der Waals surface area contributed by atoms with Gasteiger partial charge in [-0.05, 0) is 12.8 Å². The number of nitrogens with zero attached hydrogens (tertiary/aromatic N) is 2. The number of rotatable bonds is 1. The van der Waals surface area contributed by atoms with E-state index in [1.54, 1.807) is 6.20 Å². The van der Waals surface area contributed by atoms with E-state index in [9.17, 15) is 4.79 Å². The molecule has 15 heavy (non-hydrogen) atoms. The maximum Gasteiger partial charge on any atom is 0.183 e. The standard InChI is InChI=1S/C10H11N3O2/c14-7-3-4-13-9(6-7)11-12-10(13)8-2-1-5-15-8/h3-4,6,8,11H,1-2,5H2. The van der Waals surface area contributed by atoms with Crippen molar-refractivity contribution in [1.29, 1.82) is 0 Å². The average molecular weight is 205 g/mol. The normalized spacial score (nSPS) is 21.2. The molecule has 3 heterocycles. The van der Waals surface area contributed by atoms with Gasteiger partial charge in [0.15, 0.2) is 11.3 Å². The summed E-state index contributed by atoms with van der Waals surface area (Å²) in [5.74, 6) is 0.850. The van der Waals surface area contributed by atoms with Crippen LogP contribution in [0.2, 0.25) is 0 Å². The number of fused-ring (bicyclic) bond motifs is 1. The molecule has 1 aliphatic rings. The van der Waals surface area contributed by atoms with Gasteiger partial charge in [-0.25, -0.2) is 0 Å². The molecule has 0 saturated carbocycles. The Morgan fingerprint density at radius 1 is 1.60 bits per heavy atom. The summed E-state index contributed by atoms with van der Waals surface area (Å²) >= 11 is 0. The lowest BCUT2D eigenvalue weighted by atomic mass is 10.2. The fourth-order valence-corrected chi connectivity index (χ4v) is 1.94. The molecule has 5 heteroatoms. The second kappa shape index (κ2) is 3.20. The van der Waals surface area contributed by atoms with Gasteiger partial charge in [0.2, 0.25) is 0 Å². The third-order valence-electron chi connectivity index (χ3n) is 2.68. The van der Waals surface area contributed by atoms with Gasteiger partial charge in [0.25, 0.3) is 0 Å². The lowest BCUT2D eigenvalue weighted by Crippen LogP contribution is -2.04. The number of pyridine rings is 1. The van der Waals surface area contributed by atoms with Gasteiger partial charge in [-0.15, -0.1) is 0 Å². The molecule has 1 fully saturated rings. The minimum Gasteiger partial charge on any atom is -0.370 e. The van der Waals surface area contributed by atoms with Crippen LogP contribution in [-0.4, -0.2) is 21.2 Å². The lowest BCUT2D eigenvalue weighted by molar-refractivity contribution is 0.104. The summed E-state index contributed by atoms with van der Waals surface area (Å²) in [6.45, 7) is 0.791. The molecule has 1 atom stereocenters. The highest BCUT2D eigenvalue weighted by atomic mass is 16.5. The molecule has 0 radical (unpaired) electrons. The van der Waals surface area contributed by atoms with Crippen LogP contribution >= 0.6 is 0 Å². The summed E-state index contributed by atoms with van der Waals surface area (Å²) in [5, 5.41) is 7.03. The zero-order valence-corrected chi connectivity index (χ0v) is 8.14. The first-order valence-corrected chi connectivity index (χ1v) is 5.03. The Morgan fingerprint density at radius 3 is 3.33 bits per heavy atom. The van der Waals surface area contributed by atoms with E-state index in [1.807, 2.05) is 4.40 Å². The van der Waals surface area contributed by atoms with Crippen LogP contribution in [0.1, 0.15) is 24.8 Å². The van der Waals surface area contributed by atoms with Gasteiger partial charge in [-0.2, -0.15) is 5.10 Å². The summed E-state index contributed by atoms with van der Waals surface area (Å²) in [6, 6.07) is 3.06. The van der Waals surface area contributed by atoms with E-state index in [-0.39, 0.29) is 11.5 Å². The van der Waals surface area contributed by atoms with Crippen LogP contribution in [0.3, 0.4) is 0 Å². The molecule has 0 aliphatic carbocycles. The Labute approximate surface area is 85.7 Å². The number of ether oxygens (including phenoxy) is 1. The van der Waals surface area contributed by atoms with Crippen LogP contribution in [-0.2, 0) is 4.74 Å². The maximum absolute atomic E-state index is 11.1. The van der Waals surface area contributed by atoms with E-state index in [2.05, 4.69) is 10.2 Å². The molecule has 1 unspecified atom stereocenters. The highest BCUT2D eigenvalue weighted by Crippen LogP contribution is 2.26. The maximum atomic E-state index is 11.1. The Morgan fingerprint density at radius 2 is 2.53 bits per heavy atom. The van der Waals surface area contributed by atoms with E-state index in [1.165, 1.54) is 12.1 Å². The van der Waals surface area contributed by atoms with Crippen LogP contribution in [0, 0.1) is 0 Å². The van der Waals surface area contributed by atoms with Gasteiger partial charge in [0, 0.05) is 24.9 Å². The van der Waals surface area contributed by atoms with Crippen molar-refractivity contribution in [2.45, 2.75) is 18.9 Å². The fraction of sp³-hybridized carbons (Fsp3) is 0.400. The zero-order chi connectivity index (χ0) is 10.3. The summed E-state index contributed by atoms with van der Waals surface area (Å²) in [4.78, 5) is 11.1. The zero-order valence-electron chi connectivity index (χ0n) is 8.14. The van der Waals surface area contributed by atoms with Crippen molar-refractivity contribution in [3.63, 3.8) is 0 Å². The molecule has 1 aliphatic heterocycles. The summed E-state index contributed by atoms with van der Waals surface area (Å²) in [7, 11) is 0. The Hall–Kier alpha value is -1.62. The SMILES string of the molecule is O=c1ccn2c(C3CCCO3)n[nH]c2c1. The second-order valence-corrected chi connectivity index (χ2v) is 3.70. The van der Waals surface area contributed by atoms with Crippen LogP contribution < -0.4 is 5.43 Å². The van der Waals surface area contributed by atoms with Crippen molar-refractivity contribution in [3.05, 3.63) is 34.4 Å². The number of aromatic amines is 1. The third-order valence-corrected chi connectivity index (χ3v) is 2.68. The van der Waals surface area contributed by atoms with Gasteiger partial charge >= 0.3 is 0 Å². The first-order chi connectivity index (χ1) is 7.34. The predicted molar refractivity (Wildman–Crippen MR) is 53.7 cm³/mol. The van der Waals surface area contributed by atoms with Crippen LogP contribution in [0.4, 0.5) is 0 Å². The van der Waals surface area contributed by atoms with Crippen molar-refractivity contribution < 1.29 is 4.74 Å². The smallest absolute Gasteiger partial charge is 0.183 e. The highest BCUT2D eigenvalue weighted by Gasteiger charge is 2.22. The monoisotopic (exact) mass is 205 g/mol.